The first-order chi connectivity index (χ1) is 12.0. The number of amides is 1. The molecule has 1 heterocycles. The Morgan fingerprint density at radius 2 is 2.08 bits per heavy atom. The van der Waals surface area contributed by atoms with E-state index in [0.29, 0.717) is 18.2 Å². The molecule has 1 saturated heterocycles. The van der Waals surface area contributed by atoms with Crippen molar-refractivity contribution in [2.24, 2.45) is 22.5 Å². The molecular weight excluding hydrogens is 348 g/mol. The molecule has 0 aromatic carbocycles. The fraction of sp³-hybridized carbons (Fsp3) is 0.900. The Morgan fingerprint density at radius 1 is 1.38 bits per heavy atom. The topological polar surface area (TPSA) is 72.6 Å². The Balaban J connectivity index is 1.60. The number of nitrogens with two attached hydrogens (primary N) is 1. The Hall–Kier alpha value is -0.750. The fourth-order valence-electron chi connectivity index (χ4n) is 5.13. The van der Waals surface area contributed by atoms with Crippen LogP contribution in [-0.4, -0.2) is 52.5 Å². The highest BCUT2D eigenvalue weighted by molar-refractivity contribution is 7.99. The van der Waals surface area contributed by atoms with Crippen molar-refractivity contribution in [1.29, 1.82) is 0 Å². The lowest BCUT2D eigenvalue weighted by Gasteiger charge is -2.37. The summed E-state index contributed by atoms with van der Waals surface area (Å²) in [5.74, 6) is 2.69. The zero-order valence-electron chi connectivity index (χ0n) is 16.8. The van der Waals surface area contributed by atoms with E-state index in [1.165, 1.54) is 6.42 Å². The number of fused-ring (bicyclic) bond motifs is 2. The average Bonchev–Trinajstić information content (AvgIpc) is 3.04. The van der Waals surface area contributed by atoms with Crippen LogP contribution in [0.5, 0.6) is 0 Å². The van der Waals surface area contributed by atoms with Gasteiger partial charge in [0.25, 0.3) is 0 Å². The third kappa shape index (κ3) is 3.39. The van der Waals surface area contributed by atoms with Gasteiger partial charge in [0.1, 0.15) is 11.4 Å². The molecule has 3 aliphatic rings. The maximum atomic E-state index is 12.7. The van der Waals surface area contributed by atoms with Crippen LogP contribution in [0, 0.1) is 16.7 Å². The van der Waals surface area contributed by atoms with Crippen molar-refractivity contribution in [3.63, 3.8) is 0 Å². The molecule has 26 heavy (non-hydrogen) atoms. The number of hydrogen-bond acceptors (Lipinski definition) is 5. The second-order valence-corrected chi connectivity index (χ2v) is 11.0. The van der Waals surface area contributed by atoms with E-state index >= 15 is 0 Å². The summed E-state index contributed by atoms with van der Waals surface area (Å²) in [6.07, 6.45) is 3.49. The van der Waals surface area contributed by atoms with E-state index in [1.54, 1.807) is 4.90 Å². The molecule has 0 aromatic heterocycles. The summed E-state index contributed by atoms with van der Waals surface area (Å²) in [4.78, 5) is 27.0. The van der Waals surface area contributed by atoms with Crippen LogP contribution in [0.1, 0.15) is 60.3 Å². The normalized spacial score (nSPS) is 36.0. The number of carbonyl (C=O) groups excluding carboxylic acids is 2. The molecule has 6 heteroatoms. The smallest absolute Gasteiger partial charge is 0.410 e. The van der Waals surface area contributed by atoms with E-state index in [1.807, 2.05) is 32.5 Å². The van der Waals surface area contributed by atoms with Gasteiger partial charge in [-0.1, -0.05) is 13.8 Å². The van der Waals surface area contributed by atoms with E-state index in [-0.39, 0.29) is 29.0 Å². The maximum absolute atomic E-state index is 12.7. The van der Waals surface area contributed by atoms with Crippen molar-refractivity contribution >= 4 is 23.6 Å². The highest BCUT2D eigenvalue weighted by Crippen LogP contribution is 2.64. The van der Waals surface area contributed by atoms with Crippen molar-refractivity contribution < 1.29 is 14.3 Å². The first kappa shape index (κ1) is 20.0. The molecule has 1 amide bonds. The minimum Gasteiger partial charge on any atom is -0.444 e. The molecule has 3 fully saturated rings. The first-order valence-corrected chi connectivity index (χ1v) is 11.0. The largest absolute Gasteiger partial charge is 0.444 e. The van der Waals surface area contributed by atoms with E-state index in [9.17, 15) is 9.59 Å². The van der Waals surface area contributed by atoms with Crippen LogP contribution in [0.2, 0.25) is 0 Å². The molecule has 4 atom stereocenters. The molecule has 0 unspecified atom stereocenters. The monoisotopic (exact) mass is 382 g/mol. The van der Waals surface area contributed by atoms with E-state index in [2.05, 4.69) is 13.8 Å². The Bertz CT molecular complexity index is 586. The highest BCUT2D eigenvalue weighted by atomic mass is 32.2. The number of ketones is 1. The predicted octanol–water partition coefficient (Wildman–Crippen LogP) is 3.45. The third-order valence-corrected chi connectivity index (χ3v) is 8.19. The van der Waals surface area contributed by atoms with Crippen LogP contribution in [0.15, 0.2) is 0 Å². The second kappa shape index (κ2) is 6.69. The van der Waals surface area contributed by atoms with Crippen LogP contribution in [0.3, 0.4) is 0 Å². The lowest BCUT2D eigenvalue weighted by molar-refractivity contribution is -0.127. The van der Waals surface area contributed by atoms with Gasteiger partial charge in [-0.25, -0.2) is 4.79 Å². The molecule has 0 radical (unpaired) electrons. The summed E-state index contributed by atoms with van der Waals surface area (Å²) in [7, 11) is 0. The number of ether oxygens (including phenoxy) is 1. The van der Waals surface area contributed by atoms with Crippen molar-refractivity contribution in [2.45, 2.75) is 78.0 Å². The SMILES string of the molecule is CC(C)(C)OC(=O)N1C[C@@H](N)C[C@H]1CSC[C@]12CC[C@H](CC1=O)C2(C)C. The van der Waals surface area contributed by atoms with Gasteiger partial charge in [0.2, 0.25) is 0 Å². The lowest BCUT2D eigenvalue weighted by Crippen LogP contribution is -2.42. The zero-order chi connectivity index (χ0) is 19.3. The number of Topliss-reactive ketones (excluding diaryl/α,β-unsaturated/α-hetero) is 1. The Kier molecular flexibility index (Phi) is 5.15. The molecule has 2 bridgehead atoms. The molecule has 2 aliphatic carbocycles. The van der Waals surface area contributed by atoms with Gasteiger partial charge in [-0.05, 0) is 51.4 Å². The summed E-state index contributed by atoms with van der Waals surface area (Å²) < 4.78 is 5.55. The number of rotatable bonds is 4. The van der Waals surface area contributed by atoms with Gasteiger partial charge in [0.15, 0.2) is 0 Å². The number of likely N-dealkylation sites (tertiary alicyclic amines) is 1. The van der Waals surface area contributed by atoms with Crippen molar-refractivity contribution in [1.82, 2.24) is 4.90 Å². The number of carbonyl (C=O) groups is 2. The van der Waals surface area contributed by atoms with Gasteiger partial charge in [-0.3, -0.25) is 4.79 Å². The summed E-state index contributed by atoms with van der Waals surface area (Å²) in [6, 6.07) is 0.102. The maximum Gasteiger partial charge on any atom is 0.410 e. The average molecular weight is 383 g/mol. The van der Waals surface area contributed by atoms with Crippen LogP contribution in [0.25, 0.3) is 0 Å². The van der Waals surface area contributed by atoms with Crippen molar-refractivity contribution in [2.75, 3.05) is 18.1 Å². The molecule has 0 spiro atoms. The first-order valence-electron chi connectivity index (χ1n) is 9.82. The van der Waals surface area contributed by atoms with Crippen LogP contribution < -0.4 is 5.73 Å². The van der Waals surface area contributed by atoms with Crippen molar-refractivity contribution in [3.05, 3.63) is 0 Å². The quantitative estimate of drug-likeness (QED) is 0.806. The van der Waals surface area contributed by atoms with Crippen LogP contribution in [0.4, 0.5) is 4.79 Å². The molecular formula is C20H34N2O3S. The van der Waals surface area contributed by atoms with Gasteiger partial charge < -0.3 is 15.4 Å². The second-order valence-electron chi connectivity index (χ2n) is 9.96. The minimum atomic E-state index is -0.500. The van der Waals surface area contributed by atoms with E-state index in [0.717, 1.165) is 30.8 Å². The molecule has 1 aliphatic heterocycles. The van der Waals surface area contributed by atoms with Gasteiger partial charge in [-0.2, -0.15) is 11.8 Å². The Morgan fingerprint density at radius 3 is 2.62 bits per heavy atom. The predicted molar refractivity (Wildman–Crippen MR) is 105 cm³/mol. The standard InChI is InChI=1S/C20H34N2O3S/c1-18(2,3)25-17(24)22-10-14(21)9-15(22)11-26-12-20-7-6-13(8-16(20)23)19(20,4)5/h13-15H,6-12,21H2,1-5H3/t13-,14+,15+,20-/m1/s1. The molecule has 3 rings (SSSR count). The highest BCUT2D eigenvalue weighted by Gasteiger charge is 2.63. The third-order valence-electron chi connectivity index (χ3n) is 6.87. The molecule has 5 nitrogen and oxygen atoms in total. The number of hydrogen-bond donors (Lipinski definition) is 1. The fourth-order valence-corrected chi connectivity index (χ4v) is 6.86. The number of nitrogens with zero attached hydrogens (tertiary/aromatic N) is 1. The zero-order valence-corrected chi connectivity index (χ0v) is 17.7. The van der Waals surface area contributed by atoms with Gasteiger partial charge >= 0.3 is 6.09 Å². The summed E-state index contributed by atoms with van der Waals surface area (Å²) in [5.41, 5.74) is 5.56. The Labute approximate surface area is 161 Å². The number of thioether (sulfide) groups is 1. The van der Waals surface area contributed by atoms with Crippen molar-refractivity contribution in [3.8, 4) is 0 Å². The van der Waals surface area contributed by atoms with Crippen LogP contribution >= 0.6 is 11.8 Å². The van der Waals surface area contributed by atoms with Gasteiger partial charge in [0, 0.05) is 42.0 Å². The molecule has 2 saturated carbocycles. The van der Waals surface area contributed by atoms with Gasteiger partial charge in [-0.15, -0.1) is 0 Å². The summed E-state index contributed by atoms with van der Waals surface area (Å²) in [5, 5.41) is 0. The van der Waals surface area contributed by atoms with Crippen LogP contribution in [-0.2, 0) is 9.53 Å². The summed E-state index contributed by atoms with van der Waals surface area (Å²) >= 11 is 1.82. The molecule has 2 N–H and O–H groups in total. The summed E-state index contributed by atoms with van der Waals surface area (Å²) in [6.45, 7) is 10.7. The van der Waals surface area contributed by atoms with Gasteiger partial charge in [0.05, 0.1) is 0 Å². The lowest BCUT2D eigenvalue weighted by atomic mass is 9.70. The van der Waals surface area contributed by atoms with E-state index < -0.39 is 5.60 Å². The molecule has 148 valence electrons. The minimum absolute atomic E-state index is 0.00620. The molecule has 0 aromatic rings. The van der Waals surface area contributed by atoms with E-state index in [4.69, 9.17) is 10.5 Å².